The summed E-state index contributed by atoms with van der Waals surface area (Å²) in [4.78, 5) is 20.2. The zero-order valence-electron chi connectivity index (χ0n) is 12.9. The van der Waals surface area contributed by atoms with Crippen LogP contribution in [0, 0.1) is 11.8 Å². The minimum absolute atomic E-state index is 0.354. The maximum atomic E-state index is 10.2. The third kappa shape index (κ3) is 14.9. The van der Waals surface area contributed by atoms with Crippen LogP contribution in [0.3, 0.4) is 0 Å². The Morgan fingerprint density at radius 1 is 0.850 bits per heavy atom. The smallest absolute Gasteiger partial charge is 0.332 e. The Balaban J connectivity index is 0. The fraction of sp³-hybridized carbons (Fsp3) is 0.857. The molecule has 0 aromatic rings. The third-order valence-electron chi connectivity index (χ3n) is 2.67. The van der Waals surface area contributed by atoms with E-state index in [4.69, 9.17) is 21.1 Å². The van der Waals surface area contributed by atoms with E-state index in [-0.39, 0.29) is 0 Å². The summed E-state index contributed by atoms with van der Waals surface area (Å²) in [6.07, 6.45) is 1.39. The van der Waals surface area contributed by atoms with Crippen LogP contribution in [-0.2, 0) is 9.59 Å². The molecule has 5 N–H and O–H groups in total. The van der Waals surface area contributed by atoms with E-state index in [1.165, 1.54) is 0 Å². The first kappa shape index (κ1) is 21.2. The Kier molecular flexibility index (Phi) is 12.3. The molecule has 0 aliphatic heterocycles. The average Bonchev–Trinajstić information content (AvgIpc) is 2.33. The number of nitrogens with two attached hydrogens (primary N) is 1. The molecule has 20 heavy (non-hydrogen) atoms. The van der Waals surface area contributed by atoms with Crippen LogP contribution in [0.1, 0.15) is 53.4 Å². The van der Waals surface area contributed by atoms with Crippen molar-refractivity contribution in [2.24, 2.45) is 17.6 Å². The fourth-order valence-corrected chi connectivity index (χ4v) is 1.25. The quantitative estimate of drug-likeness (QED) is 0.540. The molecule has 0 saturated heterocycles. The second-order valence-corrected chi connectivity index (χ2v) is 5.74. The van der Waals surface area contributed by atoms with Crippen LogP contribution in [0.4, 0.5) is 0 Å². The Morgan fingerprint density at radius 2 is 1.25 bits per heavy atom. The summed E-state index contributed by atoms with van der Waals surface area (Å²) in [7, 11) is 0. The normalized spacial score (nSPS) is 13.6. The monoisotopic (exact) mass is 291 g/mol. The molecule has 0 aliphatic carbocycles. The predicted octanol–water partition coefficient (Wildman–Crippen LogP) is 1.70. The van der Waals surface area contributed by atoms with E-state index in [2.05, 4.69) is 13.8 Å². The van der Waals surface area contributed by atoms with Gasteiger partial charge in [0.25, 0.3) is 0 Å². The topological polar surface area (TPSA) is 121 Å². The van der Waals surface area contributed by atoms with Crippen molar-refractivity contribution in [1.29, 1.82) is 0 Å². The van der Waals surface area contributed by atoms with Crippen LogP contribution in [0.25, 0.3) is 0 Å². The van der Waals surface area contributed by atoms with E-state index < -0.39 is 24.1 Å². The summed E-state index contributed by atoms with van der Waals surface area (Å²) >= 11 is 0. The molecule has 0 spiro atoms. The van der Waals surface area contributed by atoms with Gasteiger partial charge in [-0.2, -0.15) is 0 Å². The number of hydrogen-bond acceptors (Lipinski definition) is 4. The number of hydrogen-bond donors (Lipinski definition) is 4. The van der Waals surface area contributed by atoms with Crippen LogP contribution in [0.5, 0.6) is 0 Å². The van der Waals surface area contributed by atoms with Gasteiger partial charge in [0, 0.05) is 0 Å². The molecule has 0 rings (SSSR count). The summed E-state index contributed by atoms with van der Waals surface area (Å²) in [5, 5.41) is 25.4. The minimum Gasteiger partial charge on any atom is -0.480 e. The molecule has 0 radical (unpaired) electrons. The zero-order chi connectivity index (χ0) is 16.3. The molecule has 6 heteroatoms. The molecule has 0 amide bonds. The van der Waals surface area contributed by atoms with Crippen molar-refractivity contribution in [3.8, 4) is 0 Å². The lowest BCUT2D eigenvalue weighted by molar-refractivity contribution is -0.147. The third-order valence-corrected chi connectivity index (χ3v) is 2.67. The lowest BCUT2D eigenvalue weighted by Gasteiger charge is -2.07. The van der Waals surface area contributed by atoms with Gasteiger partial charge < -0.3 is 21.1 Å². The Hall–Kier alpha value is -1.14. The lowest BCUT2D eigenvalue weighted by atomic mass is 10.0. The number of aliphatic hydroxyl groups excluding tert-OH is 1. The van der Waals surface area contributed by atoms with E-state index in [0.717, 1.165) is 12.8 Å². The van der Waals surface area contributed by atoms with Crippen LogP contribution < -0.4 is 5.73 Å². The first-order valence-electron chi connectivity index (χ1n) is 6.97. The van der Waals surface area contributed by atoms with Gasteiger partial charge in [-0.05, 0) is 37.5 Å². The van der Waals surface area contributed by atoms with E-state index >= 15 is 0 Å². The van der Waals surface area contributed by atoms with Crippen LogP contribution in [0.2, 0.25) is 0 Å². The summed E-state index contributed by atoms with van der Waals surface area (Å²) in [6.45, 7) is 8.09. The van der Waals surface area contributed by atoms with Gasteiger partial charge in [-0.25, -0.2) is 4.79 Å². The Labute approximate surface area is 121 Å². The maximum absolute atomic E-state index is 10.2. The number of carboxylic acids is 2. The van der Waals surface area contributed by atoms with Crippen molar-refractivity contribution in [2.75, 3.05) is 0 Å². The number of rotatable bonds is 8. The summed E-state index contributed by atoms with van der Waals surface area (Å²) in [5.74, 6) is -1.04. The molecule has 0 aromatic heterocycles. The Morgan fingerprint density at radius 3 is 1.55 bits per heavy atom. The second kappa shape index (κ2) is 11.7. The highest BCUT2D eigenvalue weighted by Gasteiger charge is 2.12. The molecule has 0 bridgehead atoms. The van der Waals surface area contributed by atoms with E-state index in [1.807, 2.05) is 13.8 Å². The van der Waals surface area contributed by atoms with Gasteiger partial charge in [0.2, 0.25) is 0 Å². The van der Waals surface area contributed by atoms with E-state index in [9.17, 15) is 9.59 Å². The van der Waals surface area contributed by atoms with Crippen molar-refractivity contribution in [3.63, 3.8) is 0 Å². The number of aliphatic carboxylic acids is 2. The fourth-order valence-electron chi connectivity index (χ4n) is 1.25. The molecule has 0 saturated carbocycles. The Bertz CT molecular complexity index is 251. The van der Waals surface area contributed by atoms with Gasteiger partial charge in [-0.15, -0.1) is 0 Å². The molecule has 0 aromatic carbocycles. The standard InChI is InChI=1S/C7H15NO2.C7H14O3/c2*1-5(2)3-4-6(8)7(9)10/h5-6H,3-4,8H2,1-2H3,(H,9,10);5-6,8H,3-4H2,1-2H3,(H,9,10). The second-order valence-electron chi connectivity index (χ2n) is 5.74. The van der Waals surface area contributed by atoms with Crippen molar-refractivity contribution in [3.05, 3.63) is 0 Å². The maximum Gasteiger partial charge on any atom is 0.332 e. The molecule has 2 unspecified atom stereocenters. The van der Waals surface area contributed by atoms with Gasteiger partial charge in [-0.3, -0.25) is 4.79 Å². The summed E-state index contributed by atoms with van der Waals surface area (Å²) < 4.78 is 0. The van der Waals surface area contributed by atoms with Crippen molar-refractivity contribution in [1.82, 2.24) is 0 Å². The summed E-state index contributed by atoms with van der Waals surface area (Å²) in [5.41, 5.74) is 5.27. The number of aliphatic hydroxyl groups is 1. The highest BCUT2D eigenvalue weighted by atomic mass is 16.4. The molecule has 2 atom stereocenters. The number of carbonyl (C=O) groups is 2. The minimum atomic E-state index is -1.18. The molecule has 0 heterocycles. The highest BCUT2D eigenvalue weighted by molar-refractivity contribution is 5.73. The lowest BCUT2D eigenvalue weighted by Crippen LogP contribution is -2.30. The molecule has 0 fully saturated rings. The first-order chi connectivity index (χ1) is 9.07. The van der Waals surface area contributed by atoms with Gasteiger partial charge in [0.1, 0.15) is 6.04 Å². The molecule has 6 nitrogen and oxygen atoms in total. The molecule has 0 aliphatic rings. The van der Waals surface area contributed by atoms with E-state index in [0.29, 0.717) is 24.7 Å². The largest absolute Gasteiger partial charge is 0.480 e. The predicted molar refractivity (Wildman–Crippen MR) is 77.4 cm³/mol. The van der Waals surface area contributed by atoms with Crippen LogP contribution >= 0.6 is 0 Å². The van der Waals surface area contributed by atoms with Crippen LogP contribution in [0.15, 0.2) is 0 Å². The van der Waals surface area contributed by atoms with Crippen molar-refractivity contribution < 1.29 is 24.9 Å². The zero-order valence-corrected chi connectivity index (χ0v) is 12.9. The SMILES string of the molecule is CC(C)CCC(N)C(=O)O.CC(C)CCC(O)C(=O)O. The van der Waals surface area contributed by atoms with Crippen molar-refractivity contribution in [2.45, 2.75) is 65.5 Å². The van der Waals surface area contributed by atoms with E-state index in [1.54, 1.807) is 0 Å². The highest BCUT2D eigenvalue weighted by Crippen LogP contribution is 2.06. The molecular weight excluding hydrogens is 262 g/mol. The first-order valence-corrected chi connectivity index (χ1v) is 6.97. The molecule has 120 valence electrons. The number of carboxylic acid groups (broad SMARTS) is 2. The van der Waals surface area contributed by atoms with Gasteiger partial charge >= 0.3 is 11.9 Å². The average molecular weight is 291 g/mol. The van der Waals surface area contributed by atoms with Crippen molar-refractivity contribution >= 4 is 11.9 Å². The summed E-state index contributed by atoms with van der Waals surface area (Å²) in [6, 6.07) is -0.678. The van der Waals surface area contributed by atoms with Gasteiger partial charge in [-0.1, -0.05) is 27.7 Å². The van der Waals surface area contributed by atoms with Gasteiger partial charge in [0.15, 0.2) is 6.10 Å². The van der Waals surface area contributed by atoms with Crippen LogP contribution in [-0.4, -0.2) is 39.4 Å². The van der Waals surface area contributed by atoms with Gasteiger partial charge in [0.05, 0.1) is 0 Å². The molecular formula is C14H29NO5.